The van der Waals surface area contributed by atoms with Gasteiger partial charge in [0.1, 0.15) is 11.9 Å². The van der Waals surface area contributed by atoms with E-state index in [1.807, 2.05) is 44.2 Å². The van der Waals surface area contributed by atoms with Gasteiger partial charge < -0.3 is 10.5 Å². The number of rotatable bonds is 7. The normalized spacial score (nSPS) is 12.4. The van der Waals surface area contributed by atoms with Crippen molar-refractivity contribution in [2.75, 3.05) is 6.54 Å². The molecule has 4 heteroatoms. The number of nitrogens with two attached hydrogens (primary N) is 1. The Hall–Kier alpha value is -2.98. The lowest BCUT2D eigenvalue weighted by Gasteiger charge is -2.23. The van der Waals surface area contributed by atoms with E-state index >= 15 is 0 Å². The van der Waals surface area contributed by atoms with E-state index in [1.165, 1.54) is 5.56 Å². The van der Waals surface area contributed by atoms with Crippen LogP contribution < -0.4 is 10.5 Å². The molecule has 1 atom stereocenters. The summed E-state index contributed by atoms with van der Waals surface area (Å²) in [7, 11) is 0. The van der Waals surface area contributed by atoms with Crippen LogP contribution in [-0.4, -0.2) is 16.5 Å². The van der Waals surface area contributed by atoms with Gasteiger partial charge in [0.05, 0.1) is 11.0 Å². The van der Waals surface area contributed by atoms with E-state index in [-0.39, 0.29) is 6.10 Å². The second-order valence-electron chi connectivity index (χ2n) is 7.54. The molecule has 4 rings (SSSR count). The zero-order chi connectivity index (χ0) is 20.2. The zero-order valence-corrected chi connectivity index (χ0v) is 17.1. The molecule has 1 unspecified atom stereocenters. The molecular formula is C25H27N3O. The maximum absolute atomic E-state index is 6.70. The summed E-state index contributed by atoms with van der Waals surface area (Å²) in [6.07, 6.45) is 2.83. The Bertz CT molecular complexity index is 1140. The Morgan fingerprint density at radius 3 is 2.17 bits per heavy atom. The Labute approximate surface area is 171 Å². The van der Waals surface area contributed by atoms with Crippen molar-refractivity contribution >= 4 is 21.8 Å². The van der Waals surface area contributed by atoms with E-state index in [0.717, 1.165) is 58.2 Å². The number of pyridine rings is 2. The molecule has 0 saturated carbocycles. The van der Waals surface area contributed by atoms with Crippen molar-refractivity contribution in [2.45, 2.75) is 39.2 Å². The van der Waals surface area contributed by atoms with Gasteiger partial charge in [-0.1, -0.05) is 30.3 Å². The monoisotopic (exact) mass is 385 g/mol. The maximum atomic E-state index is 6.70. The van der Waals surface area contributed by atoms with Crippen LogP contribution in [0.1, 0.15) is 42.3 Å². The highest BCUT2D eigenvalue weighted by molar-refractivity contribution is 5.86. The van der Waals surface area contributed by atoms with Gasteiger partial charge in [0.2, 0.25) is 0 Å². The van der Waals surface area contributed by atoms with E-state index < -0.39 is 0 Å². The maximum Gasteiger partial charge on any atom is 0.131 e. The molecule has 0 aliphatic carbocycles. The van der Waals surface area contributed by atoms with Gasteiger partial charge in [0.15, 0.2) is 0 Å². The molecule has 0 saturated heterocycles. The summed E-state index contributed by atoms with van der Waals surface area (Å²) in [5.41, 5.74) is 10.9. The van der Waals surface area contributed by atoms with Gasteiger partial charge in [0.25, 0.3) is 0 Å². The van der Waals surface area contributed by atoms with Crippen molar-refractivity contribution in [3.63, 3.8) is 0 Å². The Morgan fingerprint density at radius 1 is 0.828 bits per heavy atom. The third-order valence-electron chi connectivity index (χ3n) is 5.22. The number of hydrogen-bond acceptors (Lipinski definition) is 4. The molecular weight excluding hydrogens is 358 g/mol. The van der Waals surface area contributed by atoms with Crippen LogP contribution in [0.4, 0.5) is 0 Å². The first kappa shape index (κ1) is 19.3. The molecule has 0 aliphatic heterocycles. The summed E-state index contributed by atoms with van der Waals surface area (Å²) in [5.74, 6) is 0.879. The number of para-hydroxylation sites is 2. The van der Waals surface area contributed by atoms with Gasteiger partial charge in [-0.2, -0.15) is 0 Å². The van der Waals surface area contributed by atoms with E-state index in [4.69, 9.17) is 15.5 Å². The minimum absolute atomic E-state index is 0.0710. The average molecular weight is 386 g/mol. The van der Waals surface area contributed by atoms with Crippen LogP contribution in [0.25, 0.3) is 21.8 Å². The first-order valence-corrected chi connectivity index (χ1v) is 10.2. The summed E-state index contributed by atoms with van der Waals surface area (Å²) in [6, 6.07) is 20.6. The number of unbranched alkanes of at least 4 members (excludes halogenated alkanes) is 1. The molecule has 0 fully saturated rings. The standard InChI is InChI=1S/C25H27N3O/c1-17-15-21(19-9-3-5-11-22(19)27-17)24(13-7-8-14-26)29-25-16-18(2)28-23-12-6-4-10-20(23)25/h3-6,9-12,15-16,24H,7-8,13-14,26H2,1-2H3. The van der Waals surface area contributed by atoms with Crippen molar-refractivity contribution in [1.29, 1.82) is 0 Å². The van der Waals surface area contributed by atoms with E-state index in [9.17, 15) is 0 Å². The first-order chi connectivity index (χ1) is 14.2. The molecule has 4 aromatic rings. The van der Waals surface area contributed by atoms with Crippen LogP contribution in [-0.2, 0) is 0 Å². The fourth-order valence-corrected chi connectivity index (χ4v) is 3.88. The first-order valence-electron chi connectivity index (χ1n) is 10.2. The van der Waals surface area contributed by atoms with Crippen LogP contribution in [0.2, 0.25) is 0 Å². The van der Waals surface area contributed by atoms with Crippen LogP contribution in [0.15, 0.2) is 60.7 Å². The van der Waals surface area contributed by atoms with Crippen LogP contribution in [0.5, 0.6) is 5.75 Å². The van der Waals surface area contributed by atoms with Gasteiger partial charge >= 0.3 is 0 Å². The second kappa shape index (κ2) is 8.58. The quantitative estimate of drug-likeness (QED) is 0.418. The number of nitrogens with zero attached hydrogens (tertiary/aromatic N) is 2. The number of ether oxygens (including phenoxy) is 1. The highest BCUT2D eigenvalue weighted by Gasteiger charge is 2.19. The Balaban J connectivity index is 1.80. The largest absolute Gasteiger partial charge is 0.485 e. The number of aromatic nitrogens is 2. The van der Waals surface area contributed by atoms with Crippen molar-refractivity contribution in [2.24, 2.45) is 5.73 Å². The van der Waals surface area contributed by atoms with E-state index in [1.54, 1.807) is 0 Å². The topological polar surface area (TPSA) is 61.0 Å². The molecule has 148 valence electrons. The van der Waals surface area contributed by atoms with Crippen LogP contribution in [0.3, 0.4) is 0 Å². The summed E-state index contributed by atoms with van der Waals surface area (Å²) >= 11 is 0. The van der Waals surface area contributed by atoms with Crippen molar-refractivity contribution in [1.82, 2.24) is 9.97 Å². The molecule has 4 nitrogen and oxygen atoms in total. The van der Waals surface area contributed by atoms with Crippen molar-refractivity contribution in [3.05, 3.63) is 77.6 Å². The van der Waals surface area contributed by atoms with Crippen LogP contribution >= 0.6 is 0 Å². The minimum atomic E-state index is -0.0710. The van der Waals surface area contributed by atoms with Gasteiger partial charge in [-0.15, -0.1) is 0 Å². The number of aryl methyl sites for hydroxylation is 2. The van der Waals surface area contributed by atoms with E-state index in [2.05, 4.69) is 35.3 Å². The summed E-state index contributed by atoms with van der Waals surface area (Å²) in [4.78, 5) is 9.35. The number of hydrogen-bond donors (Lipinski definition) is 1. The molecule has 0 aliphatic rings. The minimum Gasteiger partial charge on any atom is -0.485 e. The lowest BCUT2D eigenvalue weighted by atomic mass is 9.98. The lowest BCUT2D eigenvalue weighted by Crippen LogP contribution is -2.11. The fraction of sp³-hybridized carbons (Fsp3) is 0.280. The Kier molecular flexibility index (Phi) is 5.72. The Morgan fingerprint density at radius 2 is 1.45 bits per heavy atom. The van der Waals surface area contributed by atoms with Crippen molar-refractivity contribution < 1.29 is 4.74 Å². The molecule has 2 N–H and O–H groups in total. The molecule has 0 bridgehead atoms. The average Bonchev–Trinajstić information content (AvgIpc) is 2.72. The van der Waals surface area contributed by atoms with E-state index in [0.29, 0.717) is 6.54 Å². The van der Waals surface area contributed by atoms with Gasteiger partial charge in [-0.25, -0.2) is 0 Å². The highest BCUT2D eigenvalue weighted by atomic mass is 16.5. The van der Waals surface area contributed by atoms with Gasteiger partial charge in [-0.3, -0.25) is 9.97 Å². The summed E-state index contributed by atoms with van der Waals surface area (Å²) in [6.45, 7) is 4.74. The number of fused-ring (bicyclic) bond motifs is 2. The second-order valence-corrected chi connectivity index (χ2v) is 7.54. The lowest BCUT2D eigenvalue weighted by molar-refractivity contribution is 0.195. The predicted octanol–water partition coefficient (Wildman–Crippen LogP) is 5.65. The smallest absolute Gasteiger partial charge is 0.131 e. The van der Waals surface area contributed by atoms with Gasteiger partial charge in [0, 0.05) is 33.8 Å². The molecule has 0 spiro atoms. The van der Waals surface area contributed by atoms with Crippen LogP contribution in [0, 0.1) is 13.8 Å². The predicted molar refractivity (Wildman–Crippen MR) is 119 cm³/mol. The third-order valence-corrected chi connectivity index (χ3v) is 5.22. The van der Waals surface area contributed by atoms with Crippen molar-refractivity contribution in [3.8, 4) is 5.75 Å². The summed E-state index contributed by atoms with van der Waals surface area (Å²) in [5, 5.41) is 2.18. The summed E-state index contributed by atoms with van der Waals surface area (Å²) < 4.78 is 6.70. The molecule has 2 aromatic carbocycles. The third kappa shape index (κ3) is 4.22. The SMILES string of the molecule is Cc1cc(OC(CCCCN)c2cc(C)nc3ccccc23)c2ccccc2n1. The highest BCUT2D eigenvalue weighted by Crippen LogP contribution is 2.35. The molecule has 29 heavy (non-hydrogen) atoms. The fourth-order valence-electron chi connectivity index (χ4n) is 3.88. The zero-order valence-electron chi connectivity index (χ0n) is 17.1. The molecule has 2 aromatic heterocycles. The molecule has 2 heterocycles. The molecule has 0 amide bonds. The molecule has 0 radical (unpaired) electrons. The number of benzene rings is 2. The van der Waals surface area contributed by atoms with Gasteiger partial charge in [-0.05, 0) is 63.9 Å².